The highest BCUT2D eigenvalue weighted by Crippen LogP contribution is 2.19. The second-order valence-electron chi connectivity index (χ2n) is 2.73. The molecule has 2 aromatic rings. The maximum atomic E-state index is 6.50. The second-order valence-corrected chi connectivity index (χ2v) is 2.73. The van der Waals surface area contributed by atoms with Gasteiger partial charge in [0.2, 0.25) is 0 Å². The van der Waals surface area contributed by atoms with E-state index >= 15 is 0 Å². The van der Waals surface area contributed by atoms with Crippen molar-refractivity contribution in [1.29, 1.82) is 0 Å². The first-order valence-corrected chi connectivity index (χ1v) is 4.49. The third kappa shape index (κ3) is 3.87. The molecule has 2 aromatic carbocycles. The number of hydrogen-bond acceptors (Lipinski definition) is 2. The first kappa shape index (κ1) is 11.3. The van der Waals surface area contributed by atoms with Gasteiger partial charge in [0, 0.05) is 0 Å². The Hall–Kier alpha value is -1.74. The summed E-state index contributed by atoms with van der Waals surface area (Å²) in [5.41, 5.74) is 0. The van der Waals surface area contributed by atoms with Gasteiger partial charge in [-0.1, -0.05) is 36.4 Å². The van der Waals surface area contributed by atoms with Crippen LogP contribution >= 0.6 is 0 Å². The highest BCUT2D eigenvalue weighted by Gasteiger charge is 1.92. The summed E-state index contributed by atoms with van der Waals surface area (Å²) in [5.74, 6) is 1.74. The summed E-state index contributed by atoms with van der Waals surface area (Å²) < 4.78 is 5.58. The minimum Gasteiger partial charge on any atom is -0.461 e. The van der Waals surface area contributed by atoms with E-state index in [1.54, 1.807) is 0 Å². The standard InChI is InChI=1S/C12H10O.BHO/c1-3-7-11(8-4-1)13-12-9-5-2-6-10-12;1-2/h1-10H;2H. The Kier molecular flexibility index (Phi) is 5.05. The lowest BCUT2D eigenvalue weighted by molar-refractivity contribution is 0.482. The summed E-state index contributed by atoms with van der Waals surface area (Å²) in [6.45, 7) is 0. The molecule has 3 heteroatoms. The van der Waals surface area contributed by atoms with Crippen LogP contribution in [-0.2, 0) is 0 Å². The molecule has 0 unspecified atom stereocenters. The molecule has 0 amide bonds. The molecule has 2 rings (SSSR count). The van der Waals surface area contributed by atoms with Gasteiger partial charge in [0.1, 0.15) is 11.5 Å². The van der Waals surface area contributed by atoms with Gasteiger partial charge in [-0.3, -0.25) is 0 Å². The summed E-state index contributed by atoms with van der Waals surface area (Å²) in [6.07, 6.45) is 0. The van der Waals surface area contributed by atoms with Crippen molar-refractivity contribution >= 4 is 8.05 Å². The fourth-order valence-electron chi connectivity index (χ4n) is 1.11. The highest BCUT2D eigenvalue weighted by atomic mass is 16.5. The van der Waals surface area contributed by atoms with Crippen LogP contribution in [0, 0.1) is 0 Å². The third-order valence-electron chi connectivity index (χ3n) is 1.72. The topological polar surface area (TPSA) is 29.5 Å². The van der Waals surface area contributed by atoms with Crippen LogP contribution in [0.2, 0.25) is 0 Å². The van der Waals surface area contributed by atoms with E-state index in [-0.39, 0.29) is 0 Å². The fourth-order valence-corrected chi connectivity index (χ4v) is 1.11. The van der Waals surface area contributed by atoms with Gasteiger partial charge < -0.3 is 9.76 Å². The van der Waals surface area contributed by atoms with Crippen molar-refractivity contribution in [3.05, 3.63) is 60.7 Å². The molecule has 2 nitrogen and oxygen atoms in total. The lowest BCUT2D eigenvalue weighted by atomic mass is 10.3. The van der Waals surface area contributed by atoms with Crippen molar-refractivity contribution in [2.45, 2.75) is 0 Å². The Morgan fingerprint density at radius 2 is 1.00 bits per heavy atom. The molecule has 0 aliphatic heterocycles. The van der Waals surface area contributed by atoms with Crippen molar-refractivity contribution < 1.29 is 9.76 Å². The fraction of sp³-hybridized carbons (Fsp3) is 0. The summed E-state index contributed by atoms with van der Waals surface area (Å²) in [7, 11) is 3.50. The maximum absolute atomic E-state index is 6.50. The molecule has 0 aliphatic rings. The van der Waals surface area contributed by atoms with Crippen molar-refractivity contribution in [3.63, 3.8) is 0 Å². The van der Waals surface area contributed by atoms with Gasteiger partial charge in [0.15, 0.2) is 0 Å². The molecule has 0 aliphatic carbocycles. The smallest absolute Gasteiger partial charge is 0.277 e. The first-order chi connectivity index (χ1) is 7.45. The zero-order chi connectivity index (χ0) is 10.9. The van der Waals surface area contributed by atoms with E-state index in [1.807, 2.05) is 60.7 Å². The second kappa shape index (κ2) is 6.68. The molecular weight excluding hydrogens is 187 g/mol. The Labute approximate surface area is 90.6 Å². The quantitative estimate of drug-likeness (QED) is 0.751. The molecule has 0 fully saturated rings. The molecular formula is C12H11BO2. The van der Waals surface area contributed by atoms with Crippen molar-refractivity contribution in [3.8, 4) is 11.5 Å². The number of benzene rings is 2. The zero-order valence-electron chi connectivity index (χ0n) is 8.21. The average molecular weight is 198 g/mol. The van der Waals surface area contributed by atoms with Gasteiger partial charge >= 0.3 is 0 Å². The largest absolute Gasteiger partial charge is 0.461 e. The molecule has 0 saturated carbocycles. The summed E-state index contributed by atoms with van der Waals surface area (Å²) in [4.78, 5) is 0. The molecule has 1 N–H and O–H groups in total. The van der Waals surface area contributed by atoms with Gasteiger partial charge in [-0.15, -0.1) is 0 Å². The van der Waals surface area contributed by atoms with E-state index in [0.717, 1.165) is 11.5 Å². The highest BCUT2D eigenvalue weighted by molar-refractivity contribution is 5.95. The van der Waals surface area contributed by atoms with Crippen LogP contribution < -0.4 is 4.74 Å². The van der Waals surface area contributed by atoms with Gasteiger partial charge in [0.25, 0.3) is 8.05 Å². The molecule has 74 valence electrons. The van der Waals surface area contributed by atoms with Gasteiger partial charge in [-0.05, 0) is 24.3 Å². The van der Waals surface area contributed by atoms with E-state index in [4.69, 9.17) is 9.76 Å². The molecule has 0 saturated heterocycles. The minimum absolute atomic E-state index is 0.869. The number of ether oxygens (including phenoxy) is 1. The van der Waals surface area contributed by atoms with E-state index in [9.17, 15) is 0 Å². The zero-order valence-corrected chi connectivity index (χ0v) is 8.21. The van der Waals surface area contributed by atoms with Crippen LogP contribution in [0.3, 0.4) is 0 Å². The van der Waals surface area contributed by atoms with Gasteiger partial charge in [-0.25, -0.2) is 0 Å². The Morgan fingerprint density at radius 1 is 0.667 bits per heavy atom. The molecule has 0 bridgehead atoms. The number of para-hydroxylation sites is 2. The lowest BCUT2D eigenvalue weighted by Gasteiger charge is -2.03. The summed E-state index contributed by atoms with van der Waals surface area (Å²) in [6, 6.07) is 19.5. The van der Waals surface area contributed by atoms with Crippen LogP contribution in [0.4, 0.5) is 0 Å². The average Bonchev–Trinajstić information content (AvgIpc) is 2.34. The SMILES string of the molecule is [B]O.c1ccc(Oc2ccccc2)cc1. The van der Waals surface area contributed by atoms with Crippen molar-refractivity contribution in [2.75, 3.05) is 0 Å². The predicted molar refractivity (Wildman–Crippen MR) is 60.9 cm³/mol. The maximum Gasteiger partial charge on any atom is 0.277 e. The van der Waals surface area contributed by atoms with E-state index in [0.29, 0.717) is 0 Å². The van der Waals surface area contributed by atoms with Crippen LogP contribution in [0.25, 0.3) is 0 Å². The molecule has 0 spiro atoms. The Morgan fingerprint density at radius 3 is 1.33 bits per heavy atom. The lowest BCUT2D eigenvalue weighted by Crippen LogP contribution is -1.81. The molecule has 0 aromatic heterocycles. The molecule has 15 heavy (non-hydrogen) atoms. The van der Waals surface area contributed by atoms with Gasteiger partial charge in [0.05, 0.1) is 0 Å². The van der Waals surface area contributed by atoms with Crippen molar-refractivity contribution in [1.82, 2.24) is 0 Å². The number of rotatable bonds is 2. The first-order valence-electron chi connectivity index (χ1n) is 4.49. The summed E-state index contributed by atoms with van der Waals surface area (Å²) in [5, 5.41) is 6.50. The van der Waals surface area contributed by atoms with Crippen LogP contribution in [-0.4, -0.2) is 13.1 Å². The molecule has 0 heterocycles. The Bertz CT molecular complexity index is 324. The van der Waals surface area contributed by atoms with E-state index < -0.39 is 0 Å². The molecule has 2 radical (unpaired) electrons. The van der Waals surface area contributed by atoms with E-state index in [1.165, 1.54) is 0 Å². The minimum atomic E-state index is 0.869. The monoisotopic (exact) mass is 198 g/mol. The summed E-state index contributed by atoms with van der Waals surface area (Å²) >= 11 is 0. The molecule has 0 atom stereocenters. The Balaban J connectivity index is 0.000000531. The third-order valence-corrected chi connectivity index (χ3v) is 1.72. The van der Waals surface area contributed by atoms with Crippen LogP contribution in [0.1, 0.15) is 0 Å². The number of hydrogen-bond donors (Lipinski definition) is 1. The van der Waals surface area contributed by atoms with Crippen molar-refractivity contribution in [2.24, 2.45) is 0 Å². The van der Waals surface area contributed by atoms with Gasteiger partial charge in [-0.2, -0.15) is 0 Å². The van der Waals surface area contributed by atoms with Crippen LogP contribution in [0.5, 0.6) is 11.5 Å². The normalized spacial score (nSPS) is 8.60. The van der Waals surface area contributed by atoms with Crippen LogP contribution in [0.15, 0.2) is 60.7 Å². The van der Waals surface area contributed by atoms with E-state index in [2.05, 4.69) is 8.05 Å². The predicted octanol–water partition coefficient (Wildman–Crippen LogP) is 2.54.